The van der Waals surface area contributed by atoms with Crippen LogP contribution in [-0.2, 0) is 23.9 Å². The van der Waals surface area contributed by atoms with Crippen LogP contribution in [0.3, 0.4) is 0 Å². The molecule has 58 heavy (non-hydrogen) atoms. The molecule has 0 aliphatic carbocycles. The van der Waals surface area contributed by atoms with Crippen molar-refractivity contribution in [2.24, 2.45) is 5.92 Å². The number of likely N-dealkylation sites (tertiary alicyclic amines) is 2. The lowest BCUT2D eigenvalue weighted by Crippen LogP contribution is -2.49. The van der Waals surface area contributed by atoms with E-state index in [-0.39, 0.29) is 24.0 Å². The average Bonchev–Trinajstić information content (AvgIpc) is 4.08. The molecule has 0 saturated carbocycles. The average molecular weight is 797 g/mol. The third-order valence-corrected chi connectivity index (χ3v) is 10.5. The molecule has 6 atom stereocenters. The number of rotatable bonds is 12. The number of terminal acetylenes is 1. The van der Waals surface area contributed by atoms with Gasteiger partial charge in [-0.15, -0.1) is 12.8 Å². The normalized spacial score (nSPS) is 19.4. The standard InChI is InChI=1S/C36H45N7O3.C4H7NO2.C2H6O.C2H2/c1-6-23-18-19-42(4)32(23)34-38-21-30(41-34)27-14-10-25(11-15-27)24-8-12-26(13-9-24)29-20-37-33(40-29)31-17-16-28(7-2)43(31)35(44)22(3)39-36(45)46-5;1-4(2-6)5-3-7;1-3-2;1-2/h8-15,20-23,28,31-32H,6-7,16-19H2,1-5H3,(H,37,40)(H,38,41)(H,39,45);2-4H,1H3,(H,5,7);1-2H3;1-2H/t22-,23-,28+,31-,32-;4-;;/m00../s1. The zero-order chi connectivity index (χ0) is 42.8. The third-order valence-electron chi connectivity index (χ3n) is 10.5. The van der Waals surface area contributed by atoms with Crippen LogP contribution in [0.15, 0.2) is 60.9 Å². The van der Waals surface area contributed by atoms with E-state index in [0.717, 1.165) is 77.5 Å². The first kappa shape index (κ1) is 46.6. The molecule has 0 bridgehead atoms. The van der Waals surface area contributed by atoms with Crippen molar-refractivity contribution >= 4 is 24.7 Å². The van der Waals surface area contributed by atoms with E-state index >= 15 is 0 Å². The zero-order valence-electron chi connectivity index (χ0n) is 35.0. The molecular formula is C44H60N8O6. The van der Waals surface area contributed by atoms with Crippen LogP contribution in [0.25, 0.3) is 33.6 Å². The van der Waals surface area contributed by atoms with E-state index in [0.29, 0.717) is 24.7 Å². The van der Waals surface area contributed by atoms with E-state index in [1.54, 1.807) is 28.1 Å². The van der Waals surface area contributed by atoms with Crippen LogP contribution in [0.2, 0.25) is 0 Å². The van der Waals surface area contributed by atoms with Gasteiger partial charge in [-0.2, -0.15) is 0 Å². The summed E-state index contributed by atoms with van der Waals surface area (Å²) in [6.45, 7) is 8.75. The van der Waals surface area contributed by atoms with Crippen molar-refractivity contribution in [2.75, 3.05) is 34.9 Å². The second kappa shape index (κ2) is 23.5. The molecule has 312 valence electrons. The monoisotopic (exact) mass is 796 g/mol. The number of carbonyl (C=O) groups is 4. The fourth-order valence-electron chi connectivity index (χ4n) is 7.41. The molecule has 4 heterocycles. The van der Waals surface area contributed by atoms with Crippen LogP contribution in [0, 0.1) is 18.8 Å². The highest BCUT2D eigenvalue weighted by Crippen LogP contribution is 2.39. The van der Waals surface area contributed by atoms with Gasteiger partial charge in [0.25, 0.3) is 0 Å². The number of carbonyl (C=O) groups excluding carboxylic acids is 4. The van der Waals surface area contributed by atoms with Crippen LogP contribution in [-0.4, -0.2) is 107 Å². The van der Waals surface area contributed by atoms with E-state index in [1.807, 2.05) is 17.3 Å². The van der Waals surface area contributed by atoms with Gasteiger partial charge in [-0.05, 0) is 81.3 Å². The largest absolute Gasteiger partial charge is 0.453 e. The highest BCUT2D eigenvalue weighted by atomic mass is 16.5. The summed E-state index contributed by atoms with van der Waals surface area (Å²) in [4.78, 5) is 65.1. The first-order valence-corrected chi connectivity index (χ1v) is 19.6. The summed E-state index contributed by atoms with van der Waals surface area (Å²) < 4.78 is 8.94. The molecule has 14 nitrogen and oxygen atoms in total. The van der Waals surface area contributed by atoms with Gasteiger partial charge in [0.2, 0.25) is 12.3 Å². The summed E-state index contributed by atoms with van der Waals surface area (Å²) in [5.41, 5.74) is 6.36. The predicted octanol–water partition coefficient (Wildman–Crippen LogP) is 6.56. The second-order valence-corrected chi connectivity index (χ2v) is 14.3. The Balaban J connectivity index is 0.000000663. The van der Waals surface area contributed by atoms with Gasteiger partial charge in [0, 0.05) is 20.3 Å². The van der Waals surface area contributed by atoms with E-state index in [2.05, 4.69) is 113 Å². The molecular weight excluding hydrogens is 737 g/mol. The van der Waals surface area contributed by atoms with E-state index in [9.17, 15) is 19.2 Å². The number of aromatic nitrogens is 4. The summed E-state index contributed by atoms with van der Waals surface area (Å²) >= 11 is 0. The van der Waals surface area contributed by atoms with Crippen molar-refractivity contribution in [2.45, 2.75) is 90.0 Å². The van der Waals surface area contributed by atoms with Gasteiger partial charge >= 0.3 is 6.09 Å². The van der Waals surface area contributed by atoms with E-state index < -0.39 is 12.1 Å². The van der Waals surface area contributed by atoms with Crippen molar-refractivity contribution in [3.63, 3.8) is 0 Å². The van der Waals surface area contributed by atoms with Gasteiger partial charge in [0.1, 0.15) is 24.0 Å². The summed E-state index contributed by atoms with van der Waals surface area (Å²) in [5.74, 6) is 2.33. The lowest BCUT2D eigenvalue weighted by atomic mass is 9.97. The molecule has 2 aromatic carbocycles. The quantitative estimate of drug-likeness (QED) is 0.0915. The molecule has 3 amide bonds. The number of H-pyrrole nitrogens is 2. The molecule has 0 radical (unpaired) electrons. The number of nitrogens with zero attached hydrogens (tertiary/aromatic N) is 4. The lowest BCUT2D eigenvalue weighted by Gasteiger charge is -2.31. The van der Waals surface area contributed by atoms with Gasteiger partial charge in [-0.1, -0.05) is 68.8 Å². The molecule has 6 rings (SSSR count). The van der Waals surface area contributed by atoms with E-state index in [4.69, 9.17) is 14.7 Å². The maximum atomic E-state index is 13.4. The molecule has 2 aromatic heterocycles. The molecule has 2 saturated heterocycles. The molecule has 2 aliphatic heterocycles. The zero-order valence-corrected chi connectivity index (χ0v) is 35.0. The molecule has 2 aliphatic rings. The minimum Gasteiger partial charge on any atom is -0.453 e. The first-order chi connectivity index (χ1) is 28.0. The Morgan fingerprint density at radius 2 is 1.36 bits per heavy atom. The van der Waals surface area contributed by atoms with Crippen LogP contribution in [0.4, 0.5) is 4.79 Å². The number of amides is 3. The highest BCUT2D eigenvalue weighted by Gasteiger charge is 2.40. The Morgan fingerprint density at radius 1 is 0.845 bits per heavy atom. The highest BCUT2D eigenvalue weighted by molar-refractivity contribution is 5.86. The molecule has 0 spiro atoms. The summed E-state index contributed by atoms with van der Waals surface area (Å²) in [6.07, 6.45) is 17.3. The summed E-state index contributed by atoms with van der Waals surface area (Å²) in [5, 5.41) is 4.86. The summed E-state index contributed by atoms with van der Waals surface area (Å²) in [7, 11) is 6.73. The number of hydrogen-bond donors (Lipinski definition) is 4. The maximum absolute atomic E-state index is 13.4. The number of methoxy groups -OCH3 is 2. The minimum atomic E-state index is -0.692. The van der Waals surface area contributed by atoms with Gasteiger partial charge < -0.3 is 39.8 Å². The molecule has 14 heteroatoms. The maximum Gasteiger partial charge on any atom is 0.407 e. The van der Waals surface area contributed by atoms with Gasteiger partial charge in [0.05, 0.1) is 49.0 Å². The van der Waals surface area contributed by atoms with Crippen LogP contribution >= 0.6 is 0 Å². The van der Waals surface area contributed by atoms with Crippen molar-refractivity contribution in [1.29, 1.82) is 0 Å². The number of benzene rings is 2. The number of hydrogen-bond acceptors (Lipinski definition) is 9. The number of aromatic amines is 2. The van der Waals surface area contributed by atoms with Crippen LogP contribution in [0.1, 0.15) is 83.5 Å². The lowest BCUT2D eigenvalue weighted by molar-refractivity contribution is -0.136. The van der Waals surface area contributed by atoms with Crippen LogP contribution < -0.4 is 10.6 Å². The second-order valence-electron chi connectivity index (χ2n) is 14.3. The minimum absolute atomic E-state index is 0.0938. The molecule has 4 N–H and O–H groups in total. The molecule has 0 unspecified atom stereocenters. The fourth-order valence-corrected chi connectivity index (χ4v) is 7.41. The third kappa shape index (κ3) is 11.9. The Morgan fingerprint density at radius 3 is 1.83 bits per heavy atom. The summed E-state index contributed by atoms with van der Waals surface area (Å²) in [6, 6.07) is 16.3. The van der Waals surface area contributed by atoms with Gasteiger partial charge in [0.15, 0.2) is 0 Å². The topological polar surface area (TPSA) is 175 Å². The van der Waals surface area contributed by atoms with Crippen LogP contribution in [0.5, 0.6) is 0 Å². The number of alkyl carbamates (subject to hydrolysis) is 1. The number of aldehydes is 1. The van der Waals surface area contributed by atoms with Gasteiger partial charge in [-0.3, -0.25) is 14.5 Å². The Hall–Kier alpha value is -5.78. The smallest absolute Gasteiger partial charge is 0.407 e. The molecule has 4 aromatic rings. The Labute approximate surface area is 342 Å². The van der Waals surface area contributed by atoms with Crippen molar-refractivity contribution in [1.82, 2.24) is 40.4 Å². The fraction of sp³-hybridized carbons (Fsp3) is 0.455. The van der Waals surface area contributed by atoms with Crippen molar-refractivity contribution in [3.05, 3.63) is 72.6 Å². The predicted molar refractivity (Wildman–Crippen MR) is 226 cm³/mol. The van der Waals surface area contributed by atoms with Crippen molar-refractivity contribution < 1.29 is 28.7 Å². The number of ether oxygens (including phenoxy) is 2. The van der Waals surface area contributed by atoms with E-state index in [1.165, 1.54) is 13.5 Å². The molecule has 2 fully saturated rings. The number of nitrogens with one attached hydrogen (secondary N) is 4. The van der Waals surface area contributed by atoms with Crippen molar-refractivity contribution in [3.8, 4) is 46.5 Å². The van der Waals surface area contributed by atoms with Gasteiger partial charge in [-0.25, -0.2) is 14.8 Å². The SMILES string of the molecule is C#C.CC[C@H]1CCN(C)[C@@H]1c1ncc(-c2ccc(-c3ccc(-c4cnc([C@@H]5CC[C@@H](CC)N5C(=O)[C@H](C)NC(=O)OC)[nH]4)cc3)cc2)[nH]1.COC.C[C@@H](C=O)NC=O. The number of imidazole rings is 2. The Kier molecular flexibility index (Phi) is 18.8. The first-order valence-electron chi connectivity index (χ1n) is 19.6. The Bertz CT molecular complexity index is 1890.